The van der Waals surface area contributed by atoms with Crippen LogP contribution >= 0.6 is 0 Å². The van der Waals surface area contributed by atoms with E-state index in [4.69, 9.17) is 0 Å². The Hall–Kier alpha value is -0.960. The van der Waals surface area contributed by atoms with Gasteiger partial charge in [-0.1, -0.05) is 12.8 Å². The highest BCUT2D eigenvalue weighted by Crippen LogP contribution is 2.20. The average molecular weight is 208 g/mol. The van der Waals surface area contributed by atoms with E-state index in [9.17, 15) is 5.11 Å². The Morgan fingerprint density at radius 2 is 1.80 bits per heavy atom. The first-order valence-corrected chi connectivity index (χ1v) is 5.78. The van der Waals surface area contributed by atoms with Gasteiger partial charge in [-0.2, -0.15) is 0 Å². The molecular formula is C12H20N2O. The van der Waals surface area contributed by atoms with Gasteiger partial charge in [0.2, 0.25) is 0 Å². The van der Waals surface area contributed by atoms with Gasteiger partial charge in [-0.05, 0) is 38.8 Å². The first-order chi connectivity index (χ1) is 7.18. The van der Waals surface area contributed by atoms with E-state index in [1.54, 1.807) is 0 Å². The molecule has 0 unspecified atom stereocenters. The number of aliphatic hydroxyl groups excluding tert-OH is 1. The van der Waals surface area contributed by atoms with Gasteiger partial charge in [0.1, 0.15) is 0 Å². The number of rotatable bonds is 2. The average Bonchev–Trinajstić information content (AvgIpc) is 2.53. The molecule has 3 heteroatoms. The fourth-order valence-corrected chi connectivity index (χ4v) is 2.30. The molecule has 15 heavy (non-hydrogen) atoms. The molecule has 1 aliphatic carbocycles. The summed E-state index contributed by atoms with van der Waals surface area (Å²) in [5.41, 5.74) is 5.81. The van der Waals surface area contributed by atoms with Crippen molar-refractivity contribution in [1.82, 2.24) is 4.68 Å². The quantitative estimate of drug-likeness (QED) is 0.779. The highest BCUT2D eigenvalue weighted by molar-refractivity contribution is 5.16. The molecule has 1 aromatic heterocycles. The largest absolute Gasteiger partial charge is 0.391 e. The lowest BCUT2D eigenvalue weighted by Crippen LogP contribution is -2.41. The molecule has 0 aromatic carbocycles. The lowest BCUT2D eigenvalue weighted by atomic mass is 9.93. The normalized spacial score (nSPS) is 26.6. The van der Waals surface area contributed by atoms with E-state index in [2.05, 4.69) is 36.1 Å². The zero-order valence-corrected chi connectivity index (χ0v) is 9.53. The van der Waals surface area contributed by atoms with Gasteiger partial charge in [-0.3, -0.25) is 4.68 Å². The van der Waals surface area contributed by atoms with Gasteiger partial charge < -0.3 is 10.5 Å². The standard InChI is InChI=1S/C12H20N2O/c1-9-7-8-10(2)14(9)13-11-5-3-4-6-12(11)15/h7-8,11-13,15H,3-6H2,1-2H3/t11-,12-/m0/s1. The van der Waals surface area contributed by atoms with Crippen LogP contribution in [0, 0.1) is 13.8 Å². The third kappa shape index (κ3) is 2.17. The van der Waals surface area contributed by atoms with Crippen molar-refractivity contribution in [3.05, 3.63) is 23.5 Å². The Morgan fingerprint density at radius 1 is 1.20 bits per heavy atom. The monoisotopic (exact) mass is 208 g/mol. The van der Waals surface area contributed by atoms with Crippen molar-refractivity contribution >= 4 is 0 Å². The molecular weight excluding hydrogens is 188 g/mol. The summed E-state index contributed by atoms with van der Waals surface area (Å²) < 4.78 is 2.08. The number of nitrogens with zero attached hydrogens (tertiary/aromatic N) is 1. The molecule has 2 rings (SSSR count). The minimum atomic E-state index is -0.194. The van der Waals surface area contributed by atoms with Crippen molar-refractivity contribution in [3.8, 4) is 0 Å². The molecule has 1 aliphatic rings. The van der Waals surface area contributed by atoms with Crippen LogP contribution in [0.15, 0.2) is 12.1 Å². The molecule has 0 aliphatic heterocycles. The molecule has 1 aromatic rings. The summed E-state index contributed by atoms with van der Waals surface area (Å²) in [5.74, 6) is 0. The van der Waals surface area contributed by atoms with E-state index in [0.29, 0.717) is 0 Å². The Morgan fingerprint density at radius 3 is 2.40 bits per heavy atom. The number of aromatic nitrogens is 1. The molecule has 0 amide bonds. The summed E-state index contributed by atoms with van der Waals surface area (Å²) in [6, 6.07) is 4.40. The van der Waals surface area contributed by atoms with E-state index in [1.807, 2.05) is 0 Å². The molecule has 0 spiro atoms. The van der Waals surface area contributed by atoms with Gasteiger partial charge in [0.05, 0.1) is 12.1 Å². The van der Waals surface area contributed by atoms with Crippen molar-refractivity contribution in [2.45, 2.75) is 51.7 Å². The summed E-state index contributed by atoms with van der Waals surface area (Å²) in [4.78, 5) is 0. The summed E-state index contributed by atoms with van der Waals surface area (Å²) in [6.45, 7) is 4.16. The van der Waals surface area contributed by atoms with E-state index in [1.165, 1.54) is 17.8 Å². The number of nitrogens with one attached hydrogen (secondary N) is 1. The van der Waals surface area contributed by atoms with Crippen LogP contribution in [0.1, 0.15) is 37.1 Å². The second-order valence-corrected chi connectivity index (χ2v) is 4.54. The van der Waals surface area contributed by atoms with Crippen LogP contribution in [-0.4, -0.2) is 21.9 Å². The van der Waals surface area contributed by atoms with Crippen molar-refractivity contribution in [1.29, 1.82) is 0 Å². The summed E-state index contributed by atoms with van der Waals surface area (Å²) in [6.07, 6.45) is 4.17. The van der Waals surface area contributed by atoms with Gasteiger partial charge in [-0.15, -0.1) is 0 Å². The Bertz CT molecular complexity index is 313. The highest BCUT2D eigenvalue weighted by Gasteiger charge is 2.23. The van der Waals surface area contributed by atoms with E-state index in [0.717, 1.165) is 19.3 Å². The zero-order chi connectivity index (χ0) is 10.8. The van der Waals surface area contributed by atoms with Crippen LogP contribution < -0.4 is 5.43 Å². The second-order valence-electron chi connectivity index (χ2n) is 4.54. The van der Waals surface area contributed by atoms with Crippen LogP contribution in [0.2, 0.25) is 0 Å². The maximum atomic E-state index is 9.87. The Labute approximate surface area is 91.1 Å². The fraction of sp³-hybridized carbons (Fsp3) is 0.667. The number of hydrogen-bond acceptors (Lipinski definition) is 2. The minimum absolute atomic E-state index is 0.194. The van der Waals surface area contributed by atoms with Gasteiger partial charge in [0, 0.05) is 11.4 Å². The maximum absolute atomic E-state index is 9.87. The lowest BCUT2D eigenvalue weighted by molar-refractivity contribution is 0.111. The molecule has 84 valence electrons. The summed E-state index contributed by atoms with van der Waals surface area (Å²) >= 11 is 0. The van der Waals surface area contributed by atoms with E-state index >= 15 is 0 Å². The van der Waals surface area contributed by atoms with Gasteiger partial charge in [0.15, 0.2) is 0 Å². The number of hydrogen-bond donors (Lipinski definition) is 2. The summed E-state index contributed by atoms with van der Waals surface area (Å²) in [7, 11) is 0. The number of aliphatic hydroxyl groups is 1. The molecule has 1 heterocycles. The molecule has 0 bridgehead atoms. The van der Waals surface area contributed by atoms with Crippen LogP contribution in [0.4, 0.5) is 0 Å². The fourth-order valence-electron chi connectivity index (χ4n) is 2.30. The van der Waals surface area contributed by atoms with Crippen molar-refractivity contribution in [2.75, 3.05) is 5.43 Å². The first kappa shape index (κ1) is 10.6. The molecule has 0 saturated heterocycles. The van der Waals surface area contributed by atoms with E-state index < -0.39 is 0 Å². The predicted molar refractivity (Wildman–Crippen MR) is 61.5 cm³/mol. The predicted octanol–water partition coefficient (Wildman–Crippen LogP) is 1.95. The van der Waals surface area contributed by atoms with Crippen molar-refractivity contribution < 1.29 is 5.11 Å². The topological polar surface area (TPSA) is 37.2 Å². The molecule has 0 radical (unpaired) electrons. The Balaban J connectivity index is 2.07. The van der Waals surface area contributed by atoms with Gasteiger partial charge >= 0.3 is 0 Å². The van der Waals surface area contributed by atoms with E-state index in [-0.39, 0.29) is 12.1 Å². The minimum Gasteiger partial charge on any atom is -0.391 e. The molecule has 1 fully saturated rings. The Kier molecular flexibility index (Phi) is 3.00. The van der Waals surface area contributed by atoms with Crippen LogP contribution in [0.25, 0.3) is 0 Å². The van der Waals surface area contributed by atoms with Gasteiger partial charge in [-0.25, -0.2) is 0 Å². The SMILES string of the molecule is Cc1ccc(C)n1N[C@H]1CCCC[C@@H]1O. The van der Waals surface area contributed by atoms with Crippen molar-refractivity contribution in [2.24, 2.45) is 0 Å². The zero-order valence-electron chi connectivity index (χ0n) is 9.53. The molecule has 2 atom stereocenters. The molecule has 3 nitrogen and oxygen atoms in total. The number of aryl methyl sites for hydroxylation is 2. The third-order valence-corrected chi connectivity index (χ3v) is 3.30. The maximum Gasteiger partial charge on any atom is 0.0756 e. The lowest BCUT2D eigenvalue weighted by Gasteiger charge is -2.30. The smallest absolute Gasteiger partial charge is 0.0756 e. The van der Waals surface area contributed by atoms with Crippen LogP contribution in [0.3, 0.4) is 0 Å². The highest BCUT2D eigenvalue weighted by atomic mass is 16.3. The molecule has 1 saturated carbocycles. The van der Waals surface area contributed by atoms with Gasteiger partial charge in [0.25, 0.3) is 0 Å². The summed E-state index contributed by atoms with van der Waals surface area (Å²) in [5, 5.41) is 9.87. The van der Waals surface area contributed by atoms with Crippen LogP contribution in [0.5, 0.6) is 0 Å². The third-order valence-electron chi connectivity index (χ3n) is 3.30. The van der Waals surface area contributed by atoms with Crippen molar-refractivity contribution in [3.63, 3.8) is 0 Å². The first-order valence-electron chi connectivity index (χ1n) is 5.78. The van der Waals surface area contributed by atoms with Crippen LogP contribution in [-0.2, 0) is 0 Å². The second kappa shape index (κ2) is 4.27. The molecule has 2 N–H and O–H groups in total.